The molecule has 0 spiro atoms. The van der Waals surface area contributed by atoms with E-state index in [1.54, 1.807) is 0 Å². The summed E-state index contributed by atoms with van der Waals surface area (Å²) in [6.07, 6.45) is 44.7. The Balaban J connectivity index is 3.73. The molecule has 0 aromatic carbocycles. The minimum absolute atomic E-state index is 0.0480. The number of hydrogen-bond donors (Lipinski definition) is 0. The van der Waals surface area contributed by atoms with Gasteiger partial charge in [-0.15, -0.1) is 0 Å². The zero-order chi connectivity index (χ0) is 35.9. The molecule has 0 aromatic rings. The molecule has 3 nitrogen and oxygen atoms in total. The summed E-state index contributed by atoms with van der Waals surface area (Å²) in [5.74, 6) is 1.04. The predicted octanol–water partition coefficient (Wildman–Crippen LogP) is 16.1. The number of carbonyl (C=O) groups is 1. The van der Waals surface area contributed by atoms with Crippen molar-refractivity contribution >= 4 is 5.97 Å². The minimum Gasteiger partial charge on any atom is -0.499 e. The monoisotopic (exact) mass is 689 g/mol. The number of esters is 1. The van der Waals surface area contributed by atoms with Gasteiger partial charge in [-0.1, -0.05) is 187 Å². The van der Waals surface area contributed by atoms with Gasteiger partial charge in [0.05, 0.1) is 12.4 Å². The standard InChI is InChI=1S/C46H88O3/c1-6-9-12-15-20-28-35-42-48-44(5)38-31-24-21-23-30-37-43(4)36-29-22-18-19-27-34-41-46(47)49-45(39-32-25-16-13-10-7-2)40-33-26-17-14-11-8-3/h45H,4-42H2,1-3H3. The first-order chi connectivity index (χ1) is 24.0. The van der Waals surface area contributed by atoms with Gasteiger partial charge in [-0.05, 0) is 70.6 Å². The highest BCUT2D eigenvalue weighted by Gasteiger charge is 2.14. The lowest BCUT2D eigenvalue weighted by atomic mass is 10.0. The maximum atomic E-state index is 12.6. The van der Waals surface area contributed by atoms with Crippen molar-refractivity contribution in [1.29, 1.82) is 0 Å². The first kappa shape index (κ1) is 47.8. The van der Waals surface area contributed by atoms with Crippen molar-refractivity contribution in [2.45, 2.75) is 258 Å². The molecule has 0 bridgehead atoms. The zero-order valence-electron chi connectivity index (χ0n) is 33.9. The highest BCUT2D eigenvalue weighted by molar-refractivity contribution is 5.69. The molecule has 0 N–H and O–H groups in total. The van der Waals surface area contributed by atoms with Crippen LogP contribution in [-0.4, -0.2) is 18.7 Å². The summed E-state index contributed by atoms with van der Waals surface area (Å²) >= 11 is 0. The van der Waals surface area contributed by atoms with Gasteiger partial charge in [-0.2, -0.15) is 0 Å². The van der Waals surface area contributed by atoms with Gasteiger partial charge in [-0.3, -0.25) is 4.79 Å². The van der Waals surface area contributed by atoms with Crippen LogP contribution in [0.1, 0.15) is 252 Å². The molecule has 0 aromatic heterocycles. The normalized spacial score (nSPS) is 11.3. The van der Waals surface area contributed by atoms with E-state index in [9.17, 15) is 4.79 Å². The van der Waals surface area contributed by atoms with Crippen LogP contribution in [0.2, 0.25) is 0 Å². The van der Waals surface area contributed by atoms with Crippen LogP contribution in [0.4, 0.5) is 0 Å². The molecule has 0 atom stereocenters. The van der Waals surface area contributed by atoms with Crippen LogP contribution in [0.3, 0.4) is 0 Å². The van der Waals surface area contributed by atoms with Crippen molar-refractivity contribution in [3.8, 4) is 0 Å². The van der Waals surface area contributed by atoms with Gasteiger partial charge < -0.3 is 9.47 Å². The van der Waals surface area contributed by atoms with Crippen LogP contribution in [0.15, 0.2) is 24.5 Å². The summed E-state index contributed by atoms with van der Waals surface area (Å²) in [6, 6.07) is 0. The van der Waals surface area contributed by atoms with E-state index in [-0.39, 0.29) is 12.1 Å². The van der Waals surface area contributed by atoms with Crippen molar-refractivity contribution in [3.63, 3.8) is 0 Å². The molecule has 0 aliphatic carbocycles. The maximum absolute atomic E-state index is 12.6. The number of unbranched alkanes of at least 4 members (excludes halogenated alkanes) is 25. The summed E-state index contributed by atoms with van der Waals surface area (Å²) in [5, 5.41) is 0. The Hall–Kier alpha value is -1.25. The molecule has 3 heteroatoms. The number of allylic oxidation sites excluding steroid dienone is 2. The first-order valence-corrected chi connectivity index (χ1v) is 22.2. The van der Waals surface area contributed by atoms with E-state index in [2.05, 4.69) is 33.9 Å². The second-order valence-corrected chi connectivity index (χ2v) is 15.4. The van der Waals surface area contributed by atoms with Crippen LogP contribution >= 0.6 is 0 Å². The van der Waals surface area contributed by atoms with E-state index < -0.39 is 0 Å². The average molecular weight is 689 g/mol. The van der Waals surface area contributed by atoms with Crippen LogP contribution in [0, 0.1) is 0 Å². The van der Waals surface area contributed by atoms with Crippen LogP contribution in [-0.2, 0) is 14.3 Å². The highest BCUT2D eigenvalue weighted by atomic mass is 16.5. The Morgan fingerprint density at radius 1 is 0.429 bits per heavy atom. The summed E-state index contributed by atoms with van der Waals surface area (Å²) in [5.41, 5.74) is 1.44. The van der Waals surface area contributed by atoms with Crippen molar-refractivity contribution < 1.29 is 14.3 Å². The predicted molar refractivity (Wildman–Crippen MR) is 217 cm³/mol. The molecule has 0 fully saturated rings. The SMILES string of the molecule is C=C(CCCCCCCCC(=O)OC(CCCCCCCC)CCCCCCCC)CCCCCCCC(=C)OCCCCCCCCC. The fourth-order valence-electron chi connectivity index (χ4n) is 6.86. The molecular formula is C46H88O3. The Morgan fingerprint density at radius 2 is 0.776 bits per heavy atom. The number of carbonyl (C=O) groups excluding carboxylic acids is 1. The van der Waals surface area contributed by atoms with E-state index in [0.717, 1.165) is 44.5 Å². The molecule has 0 saturated carbocycles. The lowest BCUT2D eigenvalue weighted by Gasteiger charge is -2.18. The number of hydrogen-bond acceptors (Lipinski definition) is 3. The van der Waals surface area contributed by atoms with Crippen LogP contribution in [0.5, 0.6) is 0 Å². The molecule has 49 heavy (non-hydrogen) atoms. The third kappa shape index (κ3) is 37.8. The molecule has 0 amide bonds. The fraction of sp³-hybridized carbons (Fsp3) is 0.891. The van der Waals surface area contributed by atoms with Crippen LogP contribution in [0.25, 0.3) is 0 Å². The van der Waals surface area contributed by atoms with Crippen molar-refractivity contribution in [2.75, 3.05) is 6.61 Å². The molecule has 0 heterocycles. The van der Waals surface area contributed by atoms with Gasteiger partial charge in [0.15, 0.2) is 0 Å². The minimum atomic E-state index is 0.0480. The van der Waals surface area contributed by atoms with Gasteiger partial charge in [0.1, 0.15) is 6.10 Å². The molecule has 290 valence electrons. The quantitative estimate of drug-likeness (QED) is 0.0278. The molecule has 0 rings (SSSR count). The first-order valence-electron chi connectivity index (χ1n) is 22.2. The lowest BCUT2D eigenvalue weighted by Crippen LogP contribution is -2.18. The Labute approximate surface area is 308 Å². The third-order valence-electron chi connectivity index (χ3n) is 10.3. The zero-order valence-corrected chi connectivity index (χ0v) is 33.9. The molecule has 0 saturated heterocycles. The molecule has 0 aliphatic heterocycles. The van der Waals surface area contributed by atoms with E-state index in [1.165, 1.54) is 198 Å². The largest absolute Gasteiger partial charge is 0.499 e. The lowest BCUT2D eigenvalue weighted by molar-refractivity contribution is -0.150. The van der Waals surface area contributed by atoms with Gasteiger partial charge in [-0.25, -0.2) is 0 Å². The third-order valence-corrected chi connectivity index (χ3v) is 10.3. The molecule has 0 unspecified atom stereocenters. The van der Waals surface area contributed by atoms with Crippen molar-refractivity contribution in [1.82, 2.24) is 0 Å². The highest BCUT2D eigenvalue weighted by Crippen LogP contribution is 2.20. The summed E-state index contributed by atoms with van der Waals surface area (Å²) in [4.78, 5) is 12.6. The molecule has 0 aliphatic rings. The second kappa shape index (κ2) is 39.5. The fourth-order valence-corrected chi connectivity index (χ4v) is 6.86. The van der Waals surface area contributed by atoms with Gasteiger partial charge >= 0.3 is 5.97 Å². The average Bonchev–Trinajstić information content (AvgIpc) is 3.09. The van der Waals surface area contributed by atoms with Gasteiger partial charge in [0.25, 0.3) is 0 Å². The van der Waals surface area contributed by atoms with Crippen molar-refractivity contribution in [3.05, 3.63) is 24.5 Å². The number of rotatable bonds is 41. The van der Waals surface area contributed by atoms with Gasteiger partial charge in [0, 0.05) is 12.8 Å². The van der Waals surface area contributed by atoms with Crippen molar-refractivity contribution in [2.24, 2.45) is 0 Å². The van der Waals surface area contributed by atoms with E-state index >= 15 is 0 Å². The van der Waals surface area contributed by atoms with E-state index in [0.29, 0.717) is 6.42 Å². The summed E-state index contributed by atoms with van der Waals surface area (Å²) < 4.78 is 11.9. The molecular weight excluding hydrogens is 601 g/mol. The summed E-state index contributed by atoms with van der Waals surface area (Å²) in [6.45, 7) is 16.1. The second-order valence-electron chi connectivity index (χ2n) is 15.4. The Bertz CT molecular complexity index is 697. The topological polar surface area (TPSA) is 35.5 Å². The van der Waals surface area contributed by atoms with E-state index in [4.69, 9.17) is 9.47 Å². The maximum Gasteiger partial charge on any atom is 0.306 e. The Morgan fingerprint density at radius 3 is 1.22 bits per heavy atom. The van der Waals surface area contributed by atoms with Crippen LogP contribution < -0.4 is 0 Å². The summed E-state index contributed by atoms with van der Waals surface area (Å²) in [7, 11) is 0. The van der Waals surface area contributed by atoms with Gasteiger partial charge in [0.2, 0.25) is 0 Å². The Kier molecular flexibility index (Phi) is 38.5. The molecule has 0 radical (unpaired) electrons. The number of ether oxygens (including phenoxy) is 2. The smallest absolute Gasteiger partial charge is 0.306 e. The van der Waals surface area contributed by atoms with E-state index in [1.807, 2.05) is 0 Å².